The molecule has 1 aromatic carbocycles. The predicted octanol–water partition coefficient (Wildman–Crippen LogP) is 2.60. The van der Waals surface area contributed by atoms with Crippen LogP contribution in [0.1, 0.15) is 22.8 Å². The number of nitrogens with zero attached hydrogens (tertiary/aromatic N) is 2. The number of halogens is 1. The molecule has 0 N–H and O–H groups in total. The Hall–Kier alpha value is -1.62. The quantitative estimate of drug-likeness (QED) is 0.469. The van der Waals surface area contributed by atoms with Gasteiger partial charge in [0, 0.05) is 36.7 Å². The molecule has 1 amide bonds. The van der Waals surface area contributed by atoms with Crippen LogP contribution in [0.2, 0.25) is 0 Å². The van der Waals surface area contributed by atoms with Crippen LogP contribution in [-0.2, 0) is 0 Å². The molecule has 0 saturated heterocycles. The topological polar surface area (TPSA) is 63.5 Å². The zero-order valence-corrected chi connectivity index (χ0v) is 11.1. The Morgan fingerprint density at radius 3 is 2.61 bits per heavy atom. The Bertz CT molecular complexity index is 463. The number of hydrogen-bond donors (Lipinski definition) is 0. The molecule has 0 aliphatic carbocycles. The lowest BCUT2D eigenvalue weighted by atomic mass is 10.1. The molecular formula is C12H15ClN2O3. The van der Waals surface area contributed by atoms with E-state index in [9.17, 15) is 14.9 Å². The molecule has 0 fully saturated rings. The van der Waals surface area contributed by atoms with Crippen molar-refractivity contribution in [2.24, 2.45) is 0 Å². The summed E-state index contributed by atoms with van der Waals surface area (Å²) < 4.78 is 0. The van der Waals surface area contributed by atoms with E-state index in [0.717, 1.165) is 0 Å². The summed E-state index contributed by atoms with van der Waals surface area (Å²) in [7, 11) is 0. The van der Waals surface area contributed by atoms with Gasteiger partial charge in [0.05, 0.1) is 4.92 Å². The van der Waals surface area contributed by atoms with Gasteiger partial charge in [0.2, 0.25) is 0 Å². The maximum Gasteiger partial charge on any atom is 0.269 e. The lowest BCUT2D eigenvalue weighted by molar-refractivity contribution is -0.384. The summed E-state index contributed by atoms with van der Waals surface area (Å²) in [5.74, 6) is 0.219. The molecule has 1 rings (SSSR count). The van der Waals surface area contributed by atoms with Crippen LogP contribution in [0.4, 0.5) is 5.69 Å². The number of carbonyl (C=O) groups excluding carboxylic acids is 1. The number of nitro benzene ring substituents is 1. The van der Waals surface area contributed by atoms with Crippen molar-refractivity contribution in [1.29, 1.82) is 0 Å². The molecule has 0 spiro atoms. The van der Waals surface area contributed by atoms with Gasteiger partial charge in [-0.15, -0.1) is 11.6 Å². The van der Waals surface area contributed by atoms with Crippen LogP contribution in [0.5, 0.6) is 0 Å². The lowest BCUT2D eigenvalue weighted by Gasteiger charge is -2.20. The van der Waals surface area contributed by atoms with Crippen molar-refractivity contribution in [1.82, 2.24) is 4.90 Å². The largest absolute Gasteiger partial charge is 0.338 e. The maximum atomic E-state index is 12.2. The highest BCUT2D eigenvalue weighted by Gasteiger charge is 2.17. The van der Waals surface area contributed by atoms with E-state index in [1.807, 2.05) is 6.92 Å². The van der Waals surface area contributed by atoms with E-state index in [4.69, 9.17) is 11.6 Å². The Morgan fingerprint density at radius 1 is 1.50 bits per heavy atom. The number of rotatable bonds is 5. The first-order chi connectivity index (χ1) is 8.51. The molecule has 0 saturated carbocycles. The monoisotopic (exact) mass is 270 g/mol. The van der Waals surface area contributed by atoms with Crippen molar-refractivity contribution in [3.05, 3.63) is 39.4 Å². The van der Waals surface area contributed by atoms with Crippen molar-refractivity contribution < 1.29 is 9.72 Å². The summed E-state index contributed by atoms with van der Waals surface area (Å²) in [5, 5.41) is 10.6. The summed E-state index contributed by atoms with van der Waals surface area (Å²) in [6, 6.07) is 4.24. The zero-order chi connectivity index (χ0) is 13.7. The summed E-state index contributed by atoms with van der Waals surface area (Å²) in [5.41, 5.74) is 1.07. The SMILES string of the molecule is CCN(CCCl)C(=O)c1ccc([N+](=O)[O-])cc1C. The van der Waals surface area contributed by atoms with E-state index < -0.39 is 4.92 Å². The molecular weight excluding hydrogens is 256 g/mol. The highest BCUT2D eigenvalue weighted by molar-refractivity contribution is 6.18. The second-order valence-corrected chi connectivity index (χ2v) is 4.21. The van der Waals surface area contributed by atoms with Crippen LogP contribution in [0.3, 0.4) is 0 Å². The van der Waals surface area contributed by atoms with Gasteiger partial charge < -0.3 is 4.90 Å². The van der Waals surface area contributed by atoms with Gasteiger partial charge in [-0.3, -0.25) is 14.9 Å². The van der Waals surface area contributed by atoms with E-state index in [2.05, 4.69) is 0 Å². The molecule has 1 aromatic rings. The van der Waals surface area contributed by atoms with E-state index in [0.29, 0.717) is 30.1 Å². The molecule has 0 radical (unpaired) electrons. The van der Waals surface area contributed by atoms with Crippen LogP contribution in [0.25, 0.3) is 0 Å². The Kier molecular flexibility index (Phi) is 5.09. The minimum atomic E-state index is -0.475. The molecule has 0 bridgehead atoms. The number of alkyl halides is 1. The third kappa shape index (κ3) is 3.20. The van der Waals surface area contributed by atoms with Gasteiger partial charge >= 0.3 is 0 Å². The first-order valence-electron chi connectivity index (χ1n) is 5.61. The van der Waals surface area contributed by atoms with Crippen molar-refractivity contribution >= 4 is 23.2 Å². The van der Waals surface area contributed by atoms with Crippen LogP contribution in [0, 0.1) is 17.0 Å². The smallest absolute Gasteiger partial charge is 0.269 e. The first-order valence-corrected chi connectivity index (χ1v) is 6.15. The molecule has 6 heteroatoms. The maximum absolute atomic E-state index is 12.2. The third-order valence-electron chi connectivity index (χ3n) is 2.67. The van der Waals surface area contributed by atoms with Crippen LogP contribution >= 0.6 is 11.6 Å². The van der Waals surface area contributed by atoms with Gasteiger partial charge in [-0.2, -0.15) is 0 Å². The number of carbonyl (C=O) groups is 1. The summed E-state index contributed by atoms with van der Waals surface area (Å²) >= 11 is 5.63. The molecule has 18 heavy (non-hydrogen) atoms. The van der Waals surface area contributed by atoms with Gasteiger partial charge in [0.15, 0.2) is 0 Å². The van der Waals surface area contributed by atoms with Gasteiger partial charge in [-0.25, -0.2) is 0 Å². The standard InChI is InChI=1S/C12H15ClN2O3/c1-3-14(7-6-13)12(16)11-5-4-10(15(17)18)8-9(11)2/h4-5,8H,3,6-7H2,1-2H3. The van der Waals surface area contributed by atoms with E-state index in [-0.39, 0.29) is 11.6 Å². The Labute approximate surface area is 110 Å². The van der Waals surface area contributed by atoms with Crippen LogP contribution in [-0.4, -0.2) is 34.7 Å². The first kappa shape index (κ1) is 14.4. The summed E-state index contributed by atoms with van der Waals surface area (Å²) in [4.78, 5) is 23.9. The van der Waals surface area contributed by atoms with Crippen LogP contribution < -0.4 is 0 Å². The molecule has 5 nitrogen and oxygen atoms in total. The van der Waals surface area contributed by atoms with Gasteiger partial charge in [-0.05, 0) is 25.5 Å². The molecule has 0 heterocycles. The average molecular weight is 271 g/mol. The predicted molar refractivity (Wildman–Crippen MR) is 70.1 cm³/mol. The van der Waals surface area contributed by atoms with Crippen molar-refractivity contribution in [2.45, 2.75) is 13.8 Å². The third-order valence-corrected chi connectivity index (χ3v) is 2.84. The number of benzene rings is 1. The molecule has 0 aliphatic rings. The fourth-order valence-corrected chi connectivity index (χ4v) is 1.88. The Balaban J connectivity index is 3.02. The fraction of sp³-hybridized carbons (Fsp3) is 0.417. The number of nitro groups is 1. The number of non-ortho nitro benzene ring substituents is 1. The average Bonchev–Trinajstić information content (AvgIpc) is 2.34. The molecule has 0 aromatic heterocycles. The van der Waals surface area contributed by atoms with E-state index in [1.54, 1.807) is 11.8 Å². The van der Waals surface area contributed by atoms with Crippen LogP contribution in [0.15, 0.2) is 18.2 Å². The van der Waals surface area contributed by atoms with E-state index >= 15 is 0 Å². The number of amides is 1. The molecule has 0 aliphatic heterocycles. The van der Waals surface area contributed by atoms with Crippen molar-refractivity contribution in [2.75, 3.05) is 19.0 Å². The minimum Gasteiger partial charge on any atom is -0.338 e. The Morgan fingerprint density at radius 2 is 2.17 bits per heavy atom. The lowest BCUT2D eigenvalue weighted by Crippen LogP contribution is -2.32. The summed E-state index contributed by atoms with van der Waals surface area (Å²) in [6.45, 7) is 4.58. The molecule has 0 unspecified atom stereocenters. The summed E-state index contributed by atoms with van der Waals surface area (Å²) in [6.07, 6.45) is 0. The van der Waals surface area contributed by atoms with E-state index in [1.165, 1.54) is 18.2 Å². The van der Waals surface area contributed by atoms with Crippen molar-refractivity contribution in [3.63, 3.8) is 0 Å². The van der Waals surface area contributed by atoms with Gasteiger partial charge in [0.25, 0.3) is 11.6 Å². The highest BCUT2D eigenvalue weighted by atomic mass is 35.5. The van der Waals surface area contributed by atoms with Gasteiger partial charge in [0.1, 0.15) is 0 Å². The van der Waals surface area contributed by atoms with Gasteiger partial charge in [-0.1, -0.05) is 0 Å². The molecule has 98 valence electrons. The molecule has 0 atom stereocenters. The second-order valence-electron chi connectivity index (χ2n) is 3.83. The highest BCUT2D eigenvalue weighted by Crippen LogP contribution is 2.18. The zero-order valence-electron chi connectivity index (χ0n) is 10.4. The van der Waals surface area contributed by atoms with Crippen molar-refractivity contribution in [3.8, 4) is 0 Å². The number of aryl methyl sites for hydroxylation is 1. The normalized spacial score (nSPS) is 10.2. The number of hydrogen-bond acceptors (Lipinski definition) is 3. The second kappa shape index (κ2) is 6.35. The fourth-order valence-electron chi connectivity index (χ4n) is 1.68. The minimum absolute atomic E-state index is 0.00978.